The average molecular weight is 709 g/mol. The number of amides is 1. The number of rotatable bonds is 14. The van der Waals surface area contributed by atoms with Crippen LogP contribution in [0.3, 0.4) is 0 Å². The van der Waals surface area contributed by atoms with Crippen LogP contribution in [-0.2, 0) is 18.6 Å². The van der Waals surface area contributed by atoms with Crippen molar-refractivity contribution in [3.63, 3.8) is 0 Å². The summed E-state index contributed by atoms with van der Waals surface area (Å²) in [6.45, 7) is 15.0. The van der Waals surface area contributed by atoms with E-state index in [1.807, 2.05) is 45.1 Å². The molecule has 7 rings (SSSR count). The Balaban J connectivity index is 1.24. The quantitative estimate of drug-likeness (QED) is 0.134. The molecule has 0 atom stereocenters. The highest BCUT2D eigenvalue weighted by Gasteiger charge is 2.57. The summed E-state index contributed by atoms with van der Waals surface area (Å²) < 4.78 is 10.5. The van der Waals surface area contributed by atoms with Crippen LogP contribution in [0.15, 0.2) is 72.0 Å². The van der Waals surface area contributed by atoms with Crippen LogP contribution in [0.4, 0.5) is 11.4 Å². The van der Waals surface area contributed by atoms with Crippen LogP contribution < -0.4 is 14.5 Å². The van der Waals surface area contributed by atoms with Gasteiger partial charge >= 0.3 is 0 Å². The molecular formula is C42H46N9O2+. The summed E-state index contributed by atoms with van der Waals surface area (Å²) >= 11 is 0. The molecule has 4 heterocycles. The third-order valence-corrected chi connectivity index (χ3v) is 10.4. The first-order valence-corrected chi connectivity index (χ1v) is 18.4. The summed E-state index contributed by atoms with van der Waals surface area (Å²) in [6.07, 6.45) is 14.8. The number of carbonyl (C=O) groups is 1. The van der Waals surface area contributed by atoms with E-state index in [9.17, 15) is 4.79 Å². The standard InChI is InChI=1S/C42H46N9O2/c1-7-21-46(22-8-2)27-31-28-50(45-43-31)24-23-49-29-32(44-49)30-51-41(52)35-15-13-14-16-36(35)42(51)37-19-17-33(47(9-3)10-4)25-39(37)53-40-26-34(18-20-38(40)42)48(11-5)12-6/h1-2,13-20,23,25-26,28H,9-12,21-22,24,27,29-30H2,3-6H3/q+1. The zero-order chi connectivity index (χ0) is 37.1. The second-order valence-electron chi connectivity index (χ2n) is 13.4. The predicted molar refractivity (Wildman–Crippen MR) is 209 cm³/mol. The molecular weight excluding hydrogens is 663 g/mol. The molecule has 53 heavy (non-hydrogen) atoms. The van der Waals surface area contributed by atoms with E-state index in [-0.39, 0.29) is 5.91 Å². The van der Waals surface area contributed by atoms with Crippen LogP contribution in [0, 0.1) is 24.7 Å². The molecule has 3 aliphatic rings. The molecule has 3 aliphatic heterocycles. The van der Waals surface area contributed by atoms with Crippen molar-refractivity contribution in [2.24, 2.45) is 5.10 Å². The predicted octanol–water partition coefficient (Wildman–Crippen LogP) is 5.05. The van der Waals surface area contributed by atoms with Crippen LogP contribution >= 0.6 is 0 Å². The average Bonchev–Trinajstić information content (AvgIpc) is 3.70. The highest BCUT2D eigenvalue weighted by molar-refractivity contribution is 6.05. The molecule has 0 radical (unpaired) electrons. The Bertz CT molecular complexity index is 2090. The summed E-state index contributed by atoms with van der Waals surface area (Å²) in [7, 11) is 0. The van der Waals surface area contributed by atoms with Crippen molar-refractivity contribution in [1.29, 1.82) is 0 Å². The lowest BCUT2D eigenvalue weighted by atomic mass is 9.74. The number of hydrazone groups is 1. The maximum atomic E-state index is 14.6. The van der Waals surface area contributed by atoms with E-state index in [2.05, 4.69) is 102 Å². The molecule has 0 saturated carbocycles. The van der Waals surface area contributed by atoms with Gasteiger partial charge in [-0.1, -0.05) is 52.1 Å². The van der Waals surface area contributed by atoms with Crippen molar-refractivity contribution in [2.45, 2.75) is 46.3 Å². The van der Waals surface area contributed by atoms with E-state index in [1.54, 1.807) is 4.68 Å². The minimum atomic E-state index is -0.906. The lowest BCUT2D eigenvalue weighted by Crippen LogP contribution is -2.51. The zero-order valence-corrected chi connectivity index (χ0v) is 31.0. The highest BCUT2D eigenvalue weighted by Crippen LogP contribution is 2.58. The summed E-state index contributed by atoms with van der Waals surface area (Å²) in [5.74, 6) is 6.76. The van der Waals surface area contributed by atoms with Crippen molar-refractivity contribution in [1.82, 2.24) is 24.8 Å². The van der Waals surface area contributed by atoms with Gasteiger partial charge in [0.25, 0.3) is 5.91 Å². The van der Waals surface area contributed by atoms with E-state index in [4.69, 9.17) is 22.7 Å². The monoisotopic (exact) mass is 708 g/mol. The number of terminal acetylenes is 2. The summed E-state index contributed by atoms with van der Waals surface area (Å²) in [5, 5.41) is 13.4. The summed E-state index contributed by atoms with van der Waals surface area (Å²) in [4.78, 5) is 23.2. The Morgan fingerprint density at radius 2 is 1.49 bits per heavy atom. The third kappa shape index (κ3) is 6.32. The Kier molecular flexibility index (Phi) is 10.0. The van der Waals surface area contributed by atoms with E-state index < -0.39 is 5.54 Å². The Hall–Kier alpha value is -5.91. The van der Waals surface area contributed by atoms with Gasteiger partial charge in [-0.05, 0) is 56.6 Å². The number of carbonyl (C=O) groups excluding carboxylic acids is 1. The van der Waals surface area contributed by atoms with Crippen molar-refractivity contribution < 1.29 is 14.2 Å². The van der Waals surface area contributed by atoms with E-state index in [0.29, 0.717) is 44.8 Å². The molecule has 0 unspecified atom stereocenters. The van der Waals surface area contributed by atoms with Crippen molar-refractivity contribution in [2.75, 3.05) is 62.2 Å². The van der Waals surface area contributed by atoms with Gasteiger partial charge in [-0.15, -0.1) is 17.9 Å². The molecule has 11 nitrogen and oxygen atoms in total. The second kappa shape index (κ2) is 15.0. The molecule has 4 aromatic rings. The van der Waals surface area contributed by atoms with E-state index in [1.165, 1.54) is 0 Å². The number of ether oxygens (including phenoxy) is 1. The molecule has 0 bridgehead atoms. The first-order valence-electron chi connectivity index (χ1n) is 18.4. The molecule has 0 N–H and O–H groups in total. The number of anilines is 2. The van der Waals surface area contributed by atoms with Crippen LogP contribution in [-0.4, -0.2) is 99.7 Å². The number of nitrogens with zero attached hydrogens (tertiary/aromatic N) is 9. The van der Waals surface area contributed by atoms with E-state index >= 15 is 0 Å². The van der Waals surface area contributed by atoms with Gasteiger partial charge < -0.3 is 19.4 Å². The number of hydrogen-bond donors (Lipinski definition) is 0. The SMILES string of the molecule is C#CCN(CC#C)Cc1cn(CC=[N+]2CC(CN3C(=O)c4ccccc4C34c3ccc(N(CC)CC)cc3Oc3cc(N(CC)CC)ccc34)=N2)nn1. The van der Waals surface area contributed by atoms with Gasteiger partial charge in [0.15, 0.2) is 11.9 Å². The maximum absolute atomic E-state index is 14.6. The topological polar surface area (TPSA) is 85.3 Å². The molecule has 1 spiro atoms. The van der Waals surface area contributed by atoms with Crippen LogP contribution in [0.1, 0.15) is 60.4 Å². The Labute approximate surface area is 312 Å². The van der Waals surface area contributed by atoms with E-state index in [0.717, 1.165) is 77.1 Å². The highest BCUT2D eigenvalue weighted by atomic mass is 16.5. The Morgan fingerprint density at radius 3 is 2.08 bits per heavy atom. The Morgan fingerprint density at radius 1 is 0.887 bits per heavy atom. The van der Waals surface area contributed by atoms with Crippen molar-refractivity contribution in [3.8, 4) is 36.2 Å². The number of aromatic nitrogens is 3. The van der Waals surface area contributed by atoms with Crippen LogP contribution in [0.25, 0.3) is 0 Å². The van der Waals surface area contributed by atoms with Gasteiger partial charge in [-0.3, -0.25) is 9.69 Å². The summed E-state index contributed by atoms with van der Waals surface area (Å²) in [6, 6.07) is 20.9. The van der Waals surface area contributed by atoms with Crippen LogP contribution in [0.5, 0.6) is 11.5 Å². The normalized spacial score (nSPS) is 15.6. The number of hydrogen-bond acceptors (Lipinski definition) is 8. The second-order valence-corrected chi connectivity index (χ2v) is 13.4. The molecule has 0 aliphatic carbocycles. The molecule has 1 aromatic heterocycles. The fourth-order valence-electron chi connectivity index (χ4n) is 7.88. The van der Waals surface area contributed by atoms with Gasteiger partial charge in [-0.25, -0.2) is 4.68 Å². The fraction of sp³-hybridized carbons (Fsp3) is 0.357. The minimum Gasteiger partial charge on any atom is -0.456 e. The fourth-order valence-corrected chi connectivity index (χ4v) is 7.88. The first kappa shape index (κ1) is 35.5. The molecule has 0 fully saturated rings. The summed E-state index contributed by atoms with van der Waals surface area (Å²) in [5.41, 5.74) is 6.51. The number of fused-ring (bicyclic) bond motifs is 6. The van der Waals surface area contributed by atoms with Gasteiger partial charge in [0.1, 0.15) is 23.6 Å². The minimum absolute atomic E-state index is 0.0240. The largest absolute Gasteiger partial charge is 0.456 e. The molecule has 11 heteroatoms. The molecule has 270 valence electrons. The lowest BCUT2D eigenvalue weighted by Gasteiger charge is -2.44. The van der Waals surface area contributed by atoms with Crippen molar-refractivity contribution in [3.05, 3.63) is 94.8 Å². The van der Waals surface area contributed by atoms with Crippen LogP contribution in [0.2, 0.25) is 0 Å². The maximum Gasteiger partial charge on any atom is 0.255 e. The van der Waals surface area contributed by atoms with Gasteiger partial charge in [0.05, 0.1) is 31.5 Å². The van der Waals surface area contributed by atoms with Crippen molar-refractivity contribution >= 4 is 29.2 Å². The first-order chi connectivity index (χ1) is 25.9. The molecule has 1 amide bonds. The van der Waals surface area contributed by atoms with Gasteiger partial charge in [-0.2, -0.15) is 0 Å². The van der Waals surface area contributed by atoms with Gasteiger partial charge in [0, 0.05) is 72.9 Å². The number of benzene rings is 3. The third-order valence-electron chi connectivity index (χ3n) is 10.4. The molecule has 0 saturated heterocycles. The molecule has 3 aromatic carbocycles. The zero-order valence-electron chi connectivity index (χ0n) is 31.0. The lowest BCUT2D eigenvalue weighted by molar-refractivity contribution is -0.539. The van der Waals surface area contributed by atoms with Gasteiger partial charge in [0.2, 0.25) is 6.54 Å². The smallest absolute Gasteiger partial charge is 0.255 e.